The minimum Gasteiger partial charge on any atom is -0.481 e. The van der Waals surface area contributed by atoms with E-state index in [0.717, 1.165) is 46.5 Å². The van der Waals surface area contributed by atoms with Gasteiger partial charge in [0.25, 0.3) is 11.9 Å². The second-order valence-electron chi connectivity index (χ2n) is 11.7. The summed E-state index contributed by atoms with van der Waals surface area (Å²) in [6.07, 6.45) is 24.4. The number of carbonyl (C=O) groups is 2. The van der Waals surface area contributed by atoms with Crippen LogP contribution in [0.25, 0.3) is 16.9 Å². The molecule has 61 heavy (non-hydrogen) atoms. The number of hydrogen-bond acceptors (Lipinski definition) is 9. The van der Waals surface area contributed by atoms with Gasteiger partial charge in [0.1, 0.15) is 15.5 Å². The van der Waals surface area contributed by atoms with Crippen LogP contribution in [0.2, 0.25) is 0 Å². The SMILES string of the molecule is Brc1cn(-c2ccccc2)cn1.Brc1cnc[nH]1.C.C1=CCC(c2cn(-c3ccccc3)cn2)=C1.CC(=O)O.CC(=O)O.OB(O)C1=CC=CC1.OB(O)c1ccccc1.[Cu]. The van der Waals surface area contributed by atoms with E-state index in [2.05, 4.69) is 92.9 Å². The van der Waals surface area contributed by atoms with Crippen LogP contribution < -0.4 is 5.46 Å². The predicted octanol–water partition coefficient (Wildman–Crippen LogP) is 7.09. The number of H-pyrrole nitrogens is 1. The fourth-order valence-electron chi connectivity index (χ4n) is 4.43. The van der Waals surface area contributed by atoms with Crippen LogP contribution in [0.5, 0.6) is 0 Å². The fourth-order valence-corrected chi connectivity index (χ4v) is 4.96. The first-order valence-electron chi connectivity index (χ1n) is 17.6. The number of benzene rings is 3. The van der Waals surface area contributed by atoms with Gasteiger partial charge in [-0.3, -0.25) is 9.59 Å². The van der Waals surface area contributed by atoms with Crippen molar-refractivity contribution in [3.63, 3.8) is 0 Å². The van der Waals surface area contributed by atoms with Gasteiger partial charge in [0.05, 0.1) is 24.5 Å². The number of rotatable bonds is 5. The summed E-state index contributed by atoms with van der Waals surface area (Å²) in [5.74, 6) is -1.67. The molecule has 325 valence electrons. The van der Waals surface area contributed by atoms with Crippen LogP contribution in [0.4, 0.5) is 0 Å². The minimum absolute atomic E-state index is 0. The van der Waals surface area contributed by atoms with E-state index in [9.17, 15) is 0 Å². The molecule has 2 aliphatic rings. The third-order valence-corrected chi connectivity index (χ3v) is 7.88. The molecule has 0 bridgehead atoms. The second-order valence-corrected chi connectivity index (χ2v) is 13.4. The molecule has 0 unspecified atom stereocenters. The summed E-state index contributed by atoms with van der Waals surface area (Å²) in [6.45, 7) is 2.17. The number of aliphatic carboxylic acids is 2. The molecule has 19 heteroatoms. The van der Waals surface area contributed by atoms with Gasteiger partial charge in [-0.05, 0) is 85.5 Å². The van der Waals surface area contributed by atoms with Crippen molar-refractivity contribution in [2.24, 2.45) is 0 Å². The standard InChI is InChI=1S/C14H12N2.C9H7BrN2.C6H7BO2.C5H7BO2.C3H3BrN2.2C2H4O2.CH4.Cu/c1-2-8-13(9-3-1)16-10-14(15-11-16)12-6-4-5-7-12;10-9-6-12(7-11-9)8-4-2-1-3-5-8;8-7(9)6-4-2-1-3-5-6;7-6(8)5-3-1-2-4-5;4-3-1-5-2-6-3;2*1-2(3)4;;/h1-6,8-11H,7H2;1-7H;1-5,8-9H;1-3,7-8H,4H2;1-2H,(H,5,6);2*1H3,(H,3,4);1H4;. The molecule has 14 nitrogen and oxygen atoms in total. The average molecular weight is 1010 g/mol. The van der Waals surface area contributed by atoms with E-state index < -0.39 is 26.2 Å². The Hall–Kier alpha value is -5.36. The number of allylic oxidation sites excluding steroid dienone is 8. The molecule has 0 aliphatic heterocycles. The second kappa shape index (κ2) is 32.4. The number of nitrogens with one attached hydrogen (secondary N) is 1. The maximum absolute atomic E-state index is 9.00. The summed E-state index contributed by atoms with van der Waals surface area (Å²) in [5, 5.41) is 49.0. The first kappa shape index (κ1) is 55.6. The van der Waals surface area contributed by atoms with Gasteiger partial charge in [0.15, 0.2) is 0 Å². The van der Waals surface area contributed by atoms with E-state index in [1.165, 1.54) is 5.57 Å². The van der Waals surface area contributed by atoms with E-state index in [1.807, 2.05) is 83.8 Å². The summed E-state index contributed by atoms with van der Waals surface area (Å²) < 4.78 is 5.78. The van der Waals surface area contributed by atoms with Crippen LogP contribution >= 0.6 is 31.9 Å². The first-order chi connectivity index (χ1) is 28.3. The van der Waals surface area contributed by atoms with E-state index in [-0.39, 0.29) is 24.5 Å². The molecule has 0 atom stereocenters. The molecular weight excluding hydrogens is 961 g/mol. The number of carboxylic acid groups (broad SMARTS) is 2. The van der Waals surface area contributed by atoms with Crippen molar-refractivity contribution in [3.8, 4) is 11.4 Å². The van der Waals surface area contributed by atoms with E-state index in [4.69, 9.17) is 39.9 Å². The normalized spacial score (nSPS) is 10.9. The maximum Gasteiger partial charge on any atom is 0.488 e. The van der Waals surface area contributed by atoms with Crippen LogP contribution in [0, 0.1) is 0 Å². The number of carboxylic acids is 2. The van der Waals surface area contributed by atoms with Crippen LogP contribution in [0.15, 0.2) is 180 Å². The molecular formula is C42H48B2Br2CuN6O8. The van der Waals surface area contributed by atoms with E-state index in [0.29, 0.717) is 17.4 Å². The molecule has 0 amide bonds. The van der Waals surface area contributed by atoms with Crippen LogP contribution in [0.3, 0.4) is 0 Å². The Morgan fingerprint density at radius 1 is 0.689 bits per heavy atom. The number of aromatic nitrogens is 6. The van der Waals surface area contributed by atoms with Crippen molar-refractivity contribution in [3.05, 3.63) is 185 Å². The average Bonchev–Trinajstić information content (AvgIpc) is 4.08. The Labute approximate surface area is 383 Å². The van der Waals surface area contributed by atoms with Gasteiger partial charge in [-0.15, -0.1) is 0 Å². The zero-order valence-electron chi connectivity index (χ0n) is 32.5. The number of halogens is 2. The molecule has 3 aromatic carbocycles. The van der Waals surface area contributed by atoms with Crippen LogP contribution in [-0.2, 0) is 26.7 Å². The van der Waals surface area contributed by atoms with E-state index in [1.54, 1.807) is 49.2 Å². The summed E-state index contributed by atoms with van der Waals surface area (Å²) in [6, 6.07) is 29.0. The molecule has 7 N–H and O–H groups in total. The Bertz CT molecular complexity index is 2180. The fraction of sp³-hybridized carbons (Fsp3) is 0.119. The Morgan fingerprint density at radius 3 is 1.49 bits per heavy atom. The van der Waals surface area contributed by atoms with Crippen molar-refractivity contribution < 1.29 is 57.0 Å². The van der Waals surface area contributed by atoms with Gasteiger partial charge in [-0.25, -0.2) is 15.0 Å². The molecule has 2 aliphatic carbocycles. The summed E-state index contributed by atoms with van der Waals surface area (Å²) in [7, 11) is -2.60. The molecule has 8 rings (SSSR count). The maximum atomic E-state index is 9.00. The molecule has 0 saturated heterocycles. The van der Waals surface area contributed by atoms with Gasteiger partial charge in [-0.1, -0.05) is 111 Å². The zero-order valence-corrected chi connectivity index (χ0v) is 36.6. The first-order valence-corrected chi connectivity index (χ1v) is 19.2. The largest absolute Gasteiger partial charge is 0.488 e. The molecule has 6 aromatic rings. The molecule has 0 spiro atoms. The van der Waals surface area contributed by atoms with E-state index >= 15 is 0 Å². The van der Waals surface area contributed by atoms with Crippen LogP contribution in [-0.4, -0.2) is 85.6 Å². The Balaban J connectivity index is 0.000000722. The molecule has 0 fully saturated rings. The number of nitrogens with zero attached hydrogens (tertiary/aromatic N) is 5. The molecule has 0 saturated carbocycles. The number of aromatic amines is 1. The van der Waals surface area contributed by atoms with Crippen molar-refractivity contribution in [1.29, 1.82) is 0 Å². The molecule has 3 aromatic heterocycles. The van der Waals surface area contributed by atoms with Gasteiger partial charge in [-0.2, -0.15) is 0 Å². The Kier molecular flexibility index (Phi) is 29.6. The Morgan fingerprint density at radius 2 is 1.16 bits per heavy atom. The molecule has 3 heterocycles. The summed E-state index contributed by atoms with van der Waals surface area (Å²) in [5.41, 5.74) is 5.81. The van der Waals surface area contributed by atoms with Crippen molar-refractivity contribution in [1.82, 2.24) is 29.1 Å². The minimum atomic E-state index is -1.34. The topological polar surface area (TPSA) is 220 Å². The van der Waals surface area contributed by atoms with Gasteiger partial charge >= 0.3 is 14.2 Å². The molecule has 1 radical (unpaired) electrons. The smallest absolute Gasteiger partial charge is 0.481 e. The number of hydrogen-bond donors (Lipinski definition) is 7. The van der Waals surface area contributed by atoms with Crippen molar-refractivity contribution in [2.45, 2.75) is 34.1 Å². The summed E-state index contributed by atoms with van der Waals surface area (Å²) in [4.78, 5) is 33.0. The monoisotopic (exact) mass is 1010 g/mol. The zero-order chi connectivity index (χ0) is 43.4. The third-order valence-electron chi connectivity index (χ3n) is 7.04. The summed E-state index contributed by atoms with van der Waals surface area (Å²) >= 11 is 6.46. The third kappa shape index (κ3) is 25.1. The van der Waals surface area contributed by atoms with Crippen molar-refractivity contribution >= 4 is 69.1 Å². The predicted molar refractivity (Wildman–Crippen MR) is 244 cm³/mol. The quantitative estimate of drug-likeness (QED) is 0.0865. The number of imidazole rings is 3. The van der Waals surface area contributed by atoms with Gasteiger partial charge < -0.3 is 44.4 Å². The van der Waals surface area contributed by atoms with Gasteiger partial charge in [0, 0.05) is 54.7 Å². The number of para-hydroxylation sites is 2. The van der Waals surface area contributed by atoms with Gasteiger partial charge in [0.2, 0.25) is 0 Å². The van der Waals surface area contributed by atoms with Crippen molar-refractivity contribution in [2.75, 3.05) is 0 Å². The van der Waals surface area contributed by atoms with Crippen LogP contribution in [0.1, 0.15) is 39.8 Å².